The van der Waals surface area contributed by atoms with E-state index in [4.69, 9.17) is 11.6 Å². The number of benzene rings is 1. The molecule has 0 spiro atoms. The first kappa shape index (κ1) is 13.2. The molecule has 1 aromatic heterocycles. The van der Waals surface area contributed by atoms with Crippen LogP contribution in [0.1, 0.15) is 13.3 Å². The van der Waals surface area contributed by atoms with Crippen LogP contribution < -0.4 is 5.32 Å². The van der Waals surface area contributed by atoms with Crippen LogP contribution in [0, 0.1) is 0 Å². The van der Waals surface area contributed by atoms with Crippen LogP contribution in [0.3, 0.4) is 0 Å². The topological polar surface area (TPSA) is 101 Å². The minimum atomic E-state index is -0.700. The van der Waals surface area contributed by atoms with Crippen LogP contribution in [0.25, 0.3) is 11.4 Å². The van der Waals surface area contributed by atoms with E-state index in [0.29, 0.717) is 22.1 Å². The number of halogens is 1. The van der Waals surface area contributed by atoms with E-state index in [9.17, 15) is 9.59 Å². The van der Waals surface area contributed by atoms with Gasteiger partial charge in [0.1, 0.15) is 0 Å². The number of carbonyl (C=O) groups excluding carboxylic acids is 2. The smallest absolute Gasteiger partial charge is 0.291 e. The second-order valence-electron chi connectivity index (χ2n) is 3.66. The van der Waals surface area contributed by atoms with E-state index in [0.717, 1.165) is 0 Å². The summed E-state index contributed by atoms with van der Waals surface area (Å²) in [6.07, 6.45) is 0.129. The van der Waals surface area contributed by atoms with Crippen molar-refractivity contribution in [2.45, 2.75) is 13.3 Å². The zero-order valence-electron chi connectivity index (χ0n) is 9.98. The second-order valence-corrected chi connectivity index (χ2v) is 4.09. The molecule has 0 aliphatic rings. The molecule has 8 heteroatoms. The molecule has 0 aliphatic heterocycles. The number of aromatic nitrogens is 4. The van der Waals surface area contributed by atoms with Crippen molar-refractivity contribution in [1.82, 2.24) is 20.6 Å². The molecule has 1 heterocycles. The molecule has 98 valence electrons. The van der Waals surface area contributed by atoms with Crippen molar-refractivity contribution >= 4 is 29.0 Å². The number of anilines is 1. The van der Waals surface area contributed by atoms with Crippen LogP contribution in [-0.2, 0) is 9.59 Å². The molecule has 1 aromatic carbocycles. The highest BCUT2D eigenvalue weighted by Gasteiger charge is 2.16. The summed E-state index contributed by atoms with van der Waals surface area (Å²) >= 11 is 5.87. The Morgan fingerprint density at radius 2 is 2.21 bits per heavy atom. The highest BCUT2D eigenvalue weighted by atomic mass is 35.5. The van der Waals surface area contributed by atoms with Gasteiger partial charge in [-0.15, -0.1) is 10.2 Å². The Morgan fingerprint density at radius 1 is 1.42 bits per heavy atom. The number of amides is 1. The molecule has 2 rings (SSSR count). The second kappa shape index (κ2) is 5.57. The molecule has 0 aliphatic carbocycles. The molecule has 0 atom stereocenters. The maximum atomic E-state index is 11.6. The third kappa shape index (κ3) is 2.94. The largest absolute Gasteiger partial charge is 0.319 e. The van der Waals surface area contributed by atoms with E-state index < -0.39 is 11.7 Å². The standard InChI is InChI=1S/C11H10ClN5O2/c1-2-9(18)11(19)13-8-5-6(12)3-4-7(8)10-14-16-17-15-10/h3-5H,2H2,1H3,(H,13,19)(H,14,15,16,17). The van der Waals surface area contributed by atoms with Crippen LogP contribution in [0.5, 0.6) is 0 Å². The Hall–Kier alpha value is -2.28. The van der Waals surface area contributed by atoms with Crippen LogP contribution in [0.2, 0.25) is 5.02 Å². The first-order chi connectivity index (χ1) is 9.11. The molecule has 0 saturated carbocycles. The number of tetrazole rings is 1. The first-order valence-corrected chi connectivity index (χ1v) is 5.87. The third-order valence-electron chi connectivity index (χ3n) is 2.39. The van der Waals surface area contributed by atoms with E-state index in [1.807, 2.05) is 0 Å². The minimum Gasteiger partial charge on any atom is -0.319 e. The Kier molecular flexibility index (Phi) is 3.86. The summed E-state index contributed by atoms with van der Waals surface area (Å²) in [6, 6.07) is 4.79. The minimum absolute atomic E-state index is 0.129. The Labute approximate surface area is 113 Å². The average molecular weight is 280 g/mol. The fourth-order valence-corrected chi connectivity index (χ4v) is 1.62. The Bertz CT molecular complexity index is 612. The van der Waals surface area contributed by atoms with Gasteiger partial charge in [0.2, 0.25) is 11.6 Å². The lowest BCUT2D eigenvalue weighted by atomic mass is 10.1. The van der Waals surface area contributed by atoms with Crippen molar-refractivity contribution in [3.8, 4) is 11.4 Å². The van der Waals surface area contributed by atoms with Crippen molar-refractivity contribution in [1.29, 1.82) is 0 Å². The van der Waals surface area contributed by atoms with Gasteiger partial charge in [0.05, 0.1) is 5.69 Å². The molecule has 1 amide bonds. The molecule has 0 unspecified atom stereocenters. The number of nitrogens with one attached hydrogen (secondary N) is 2. The number of hydrogen-bond acceptors (Lipinski definition) is 5. The lowest BCUT2D eigenvalue weighted by Gasteiger charge is -2.08. The summed E-state index contributed by atoms with van der Waals surface area (Å²) in [4.78, 5) is 22.9. The summed E-state index contributed by atoms with van der Waals surface area (Å²) in [6.45, 7) is 1.61. The lowest BCUT2D eigenvalue weighted by molar-refractivity contribution is -0.134. The maximum absolute atomic E-state index is 11.6. The van der Waals surface area contributed by atoms with Crippen molar-refractivity contribution in [3.05, 3.63) is 23.2 Å². The Balaban J connectivity index is 2.36. The molecular weight excluding hydrogens is 270 g/mol. The first-order valence-electron chi connectivity index (χ1n) is 5.49. The number of nitrogens with zero attached hydrogens (tertiary/aromatic N) is 3. The summed E-state index contributed by atoms with van der Waals surface area (Å²) in [5, 5.41) is 16.3. The Morgan fingerprint density at radius 3 is 2.84 bits per heavy atom. The average Bonchev–Trinajstić information content (AvgIpc) is 2.91. The van der Waals surface area contributed by atoms with Crippen LogP contribution in [0.4, 0.5) is 5.69 Å². The van der Waals surface area contributed by atoms with E-state index in [1.165, 1.54) is 6.07 Å². The zero-order valence-corrected chi connectivity index (χ0v) is 10.7. The molecule has 0 radical (unpaired) electrons. The molecule has 0 saturated heterocycles. The van der Waals surface area contributed by atoms with Gasteiger partial charge in [-0.3, -0.25) is 9.59 Å². The lowest BCUT2D eigenvalue weighted by Crippen LogP contribution is -2.22. The molecule has 0 bridgehead atoms. The molecule has 2 N–H and O–H groups in total. The van der Waals surface area contributed by atoms with Gasteiger partial charge in [0.15, 0.2) is 0 Å². The van der Waals surface area contributed by atoms with E-state index >= 15 is 0 Å². The highest BCUT2D eigenvalue weighted by Crippen LogP contribution is 2.27. The number of ketones is 1. The predicted molar refractivity (Wildman–Crippen MR) is 68.6 cm³/mol. The zero-order chi connectivity index (χ0) is 13.8. The van der Waals surface area contributed by atoms with E-state index in [1.54, 1.807) is 19.1 Å². The summed E-state index contributed by atoms with van der Waals surface area (Å²) in [5.41, 5.74) is 0.885. The van der Waals surface area contributed by atoms with Crippen LogP contribution >= 0.6 is 11.6 Å². The number of Topliss-reactive ketones (excluding diaryl/α,β-unsaturated/α-hetero) is 1. The van der Waals surface area contributed by atoms with Gasteiger partial charge in [-0.25, -0.2) is 0 Å². The van der Waals surface area contributed by atoms with Gasteiger partial charge in [-0.1, -0.05) is 18.5 Å². The molecule has 19 heavy (non-hydrogen) atoms. The van der Waals surface area contributed by atoms with Crippen molar-refractivity contribution in [2.24, 2.45) is 0 Å². The van der Waals surface area contributed by atoms with Gasteiger partial charge in [-0.05, 0) is 23.4 Å². The van der Waals surface area contributed by atoms with Gasteiger partial charge >= 0.3 is 0 Å². The van der Waals surface area contributed by atoms with Crippen molar-refractivity contribution in [2.75, 3.05) is 5.32 Å². The maximum Gasteiger partial charge on any atom is 0.291 e. The number of aromatic amines is 1. The van der Waals surface area contributed by atoms with Gasteiger partial charge in [0.25, 0.3) is 5.91 Å². The number of hydrogen-bond donors (Lipinski definition) is 2. The third-order valence-corrected chi connectivity index (χ3v) is 2.63. The SMILES string of the molecule is CCC(=O)C(=O)Nc1cc(Cl)ccc1-c1nn[nH]n1. The fourth-order valence-electron chi connectivity index (χ4n) is 1.44. The number of H-pyrrole nitrogens is 1. The van der Waals surface area contributed by atoms with E-state index in [-0.39, 0.29) is 6.42 Å². The summed E-state index contributed by atoms with van der Waals surface area (Å²) in [7, 11) is 0. The summed E-state index contributed by atoms with van der Waals surface area (Å²) in [5.74, 6) is -0.913. The molecular formula is C11H10ClN5O2. The monoisotopic (exact) mass is 279 g/mol. The van der Waals surface area contributed by atoms with Crippen molar-refractivity contribution in [3.63, 3.8) is 0 Å². The fraction of sp³-hybridized carbons (Fsp3) is 0.182. The molecule has 2 aromatic rings. The van der Waals surface area contributed by atoms with Gasteiger partial charge < -0.3 is 5.32 Å². The molecule has 0 fully saturated rings. The van der Waals surface area contributed by atoms with Crippen LogP contribution in [0.15, 0.2) is 18.2 Å². The molecule has 7 nitrogen and oxygen atoms in total. The highest BCUT2D eigenvalue weighted by molar-refractivity contribution is 6.41. The number of rotatable bonds is 4. The van der Waals surface area contributed by atoms with Crippen molar-refractivity contribution < 1.29 is 9.59 Å². The quantitative estimate of drug-likeness (QED) is 0.825. The summed E-state index contributed by atoms with van der Waals surface area (Å²) < 4.78 is 0. The van der Waals surface area contributed by atoms with E-state index in [2.05, 4.69) is 25.9 Å². The van der Waals surface area contributed by atoms with Crippen LogP contribution in [-0.4, -0.2) is 32.3 Å². The normalized spacial score (nSPS) is 10.2. The van der Waals surface area contributed by atoms with Gasteiger partial charge in [-0.2, -0.15) is 5.21 Å². The predicted octanol–water partition coefficient (Wildman–Crippen LogP) is 1.44. The number of carbonyl (C=O) groups is 2. The van der Waals surface area contributed by atoms with Gasteiger partial charge in [0, 0.05) is 17.0 Å².